The van der Waals surface area contributed by atoms with Gasteiger partial charge in [-0.3, -0.25) is 9.59 Å². The van der Waals surface area contributed by atoms with Gasteiger partial charge in [0.15, 0.2) is 0 Å². The minimum Gasteiger partial charge on any atom is -0.390 e. The molecular formula is C18H17BrN2O3. The standard InChI is InChI=1S/C18H17BrN2O3/c1-2-16(23)21-8-7-15(22)17(21)18(24)20-14-6-4-11-9-13(19)5-3-12(11)10-14/h2-6,9-10,15,17,22H,1,7-8H2,(H,20,24)/t15-,17+/m1/s1. The van der Waals surface area contributed by atoms with Gasteiger partial charge >= 0.3 is 0 Å². The van der Waals surface area contributed by atoms with Crippen LogP contribution in [0.25, 0.3) is 10.8 Å². The number of halogens is 1. The summed E-state index contributed by atoms with van der Waals surface area (Å²) in [6.45, 7) is 3.78. The number of carbonyl (C=O) groups is 2. The summed E-state index contributed by atoms with van der Waals surface area (Å²) in [4.78, 5) is 25.7. The Morgan fingerprint density at radius 2 is 1.96 bits per heavy atom. The molecule has 0 aliphatic carbocycles. The molecule has 1 aliphatic rings. The van der Waals surface area contributed by atoms with E-state index in [1.807, 2.05) is 30.3 Å². The maximum absolute atomic E-state index is 12.5. The number of fused-ring (bicyclic) bond motifs is 1. The van der Waals surface area contributed by atoms with Crippen LogP contribution in [0.4, 0.5) is 5.69 Å². The second kappa shape index (κ2) is 6.75. The molecule has 0 saturated carbocycles. The average Bonchev–Trinajstić information content (AvgIpc) is 2.96. The second-order valence-corrected chi connectivity index (χ2v) is 6.65. The number of carbonyl (C=O) groups excluding carboxylic acids is 2. The van der Waals surface area contributed by atoms with E-state index in [2.05, 4.69) is 27.8 Å². The zero-order valence-electron chi connectivity index (χ0n) is 12.9. The molecular weight excluding hydrogens is 372 g/mol. The lowest BCUT2D eigenvalue weighted by atomic mass is 10.1. The molecule has 3 rings (SSSR count). The van der Waals surface area contributed by atoms with Gasteiger partial charge in [0.05, 0.1) is 6.10 Å². The number of nitrogens with zero attached hydrogens (tertiary/aromatic N) is 1. The molecule has 124 valence electrons. The van der Waals surface area contributed by atoms with E-state index >= 15 is 0 Å². The van der Waals surface area contributed by atoms with Crippen molar-refractivity contribution in [2.45, 2.75) is 18.6 Å². The highest BCUT2D eigenvalue weighted by molar-refractivity contribution is 9.10. The summed E-state index contributed by atoms with van der Waals surface area (Å²) in [5.41, 5.74) is 0.625. The van der Waals surface area contributed by atoms with Crippen LogP contribution in [0.15, 0.2) is 53.5 Å². The number of benzene rings is 2. The molecule has 0 radical (unpaired) electrons. The monoisotopic (exact) mass is 388 g/mol. The number of rotatable bonds is 3. The highest BCUT2D eigenvalue weighted by atomic mass is 79.9. The molecule has 0 unspecified atom stereocenters. The number of hydrogen-bond donors (Lipinski definition) is 2. The third-order valence-electron chi connectivity index (χ3n) is 4.16. The first-order chi connectivity index (χ1) is 11.5. The Morgan fingerprint density at radius 1 is 1.25 bits per heavy atom. The molecule has 2 N–H and O–H groups in total. The van der Waals surface area contributed by atoms with Crippen molar-refractivity contribution in [2.75, 3.05) is 11.9 Å². The molecule has 0 bridgehead atoms. The van der Waals surface area contributed by atoms with Crippen molar-refractivity contribution in [2.24, 2.45) is 0 Å². The van der Waals surface area contributed by atoms with Crippen molar-refractivity contribution < 1.29 is 14.7 Å². The molecule has 0 aromatic heterocycles. The molecule has 5 nitrogen and oxygen atoms in total. The lowest BCUT2D eigenvalue weighted by molar-refractivity contribution is -0.134. The van der Waals surface area contributed by atoms with Crippen LogP contribution in [0.1, 0.15) is 6.42 Å². The van der Waals surface area contributed by atoms with E-state index in [1.54, 1.807) is 6.07 Å². The quantitative estimate of drug-likeness (QED) is 0.794. The molecule has 6 heteroatoms. The summed E-state index contributed by atoms with van der Waals surface area (Å²) in [6, 6.07) is 10.6. The molecule has 2 atom stereocenters. The van der Waals surface area contributed by atoms with Gasteiger partial charge in [0, 0.05) is 16.7 Å². The highest BCUT2D eigenvalue weighted by Crippen LogP contribution is 2.24. The second-order valence-electron chi connectivity index (χ2n) is 5.73. The molecule has 1 aliphatic heterocycles. The molecule has 1 saturated heterocycles. The van der Waals surface area contributed by atoms with Crippen LogP contribution in [0, 0.1) is 0 Å². The smallest absolute Gasteiger partial charge is 0.249 e. The Balaban J connectivity index is 1.82. The third-order valence-corrected chi connectivity index (χ3v) is 4.66. The summed E-state index contributed by atoms with van der Waals surface area (Å²) in [7, 11) is 0. The largest absolute Gasteiger partial charge is 0.390 e. The van der Waals surface area contributed by atoms with Crippen LogP contribution in [0.5, 0.6) is 0 Å². The van der Waals surface area contributed by atoms with Gasteiger partial charge in [0.1, 0.15) is 6.04 Å². The van der Waals surface area contributed by atoms with Crippen LogP contribution < -0.4 is 5.32 Å². The third kappa shape index (κ3) is 3.20. The normalized spacial score (nSPS) is 20.2. The molecule has 0 spiro atoms. The van der Waals surface area contributed by atoms with Crippen molar-refractivity contribution in [3.05, 3.63) is 53.5 Å². The summed E-state index contributed by atoms with van der Waals surface area (Å²) >= 11 is 3.43. The predicted molar refractivity (Wildman–Crippen MR) is 96.6 cm³/mol. The Bertz CT molecular complexity index is 821. The molecule has 2 aromatic carbocycles. The Kier molecular flexibility index (Phi) is 4.69. The van der Waals surface area contributed by atoms with Crippen molar-refractivity contribution >= 4 is 44.2 Å². The van der Waals surface area contributed by atoms with Gasteiger partial charge in [-0.25, -0.2) is 0 Å². The summed E-state index contributed by atoms with van der Waals surface area (Å²) in [6.07, 6.45) is 0.667. The topological polar surface area (TPSA) is 69.6 Å². The van der Waals surface area contributed by atoms with Gasteiger partial charge in [-0.2, -0.15) is 0 Å². The van der Waals surface area contributed by atoms with E-state index in [4.69, 9.17) is 0 Å². The number of nitrogens with one attached hydrogen (secondary N) is 1. The van der Waals surface area contributed by atoms with E-state index in [-0.39, 0.29) is 5.91 Å². The highest BCUT2D eigenvalue weighted by Gasteiger charge is 2.40. The van der Waals surface area contributed by atoms with Gasteiger partial charge < -0.3 is 15.3 Å². The van der Waals surface area contributed by atoms with Crippen LogP contribution in [0.2, 0.25) is 0 Å². The average molecular weight is 389 g/mol. The van der Waals surface area contributed by atoms with Gasteiger partial charge in [0.25, 0.3) is 0 Å². The minimum absolute atomic E-state index is 0.343. The molecule has 2 aromatic rings. The van der Waals surface area contributed by atoms with E-state index in [0.29, 0.717) is 18.7 Å². The molecule has 2 amide bonds. The number of hydrogen-bond acceptors (Lipinski definition) is 3. The lowest BCUT2D eigenvalue weighted by Gasteiger charge is -2.24. The van der Waals surface area contributed by atoms with Crippen LogP contribution >= 0.6 is 15.9 Å². The summed E-state index contributed by atoms with van der Waals surface area (Å²) in [5.74, 6) is -0.748. The predicted octanol–water partition coefficient (Wildman–Crippen LogP) is 2.69. The summed E-state index contributed by atoms with van der Waals surface area (Å²) in [5, 5.41) is 14.9. The first kappa shape index (κ1) is 16.7. The van der Waals surface area contributed by atoms with Crippen molar-refractivity contribution in [3.8, 4) is 0 Å². The van der Waals surface area contributed by atoms with Crippen LogP contribution in [-0.2, 0) is 9.59 Å². The number of amides is 2. The van der Waals surface area contributed by atoms with E-state index in [0.717, 1.165) is 21.3 Å². The Morgan fingerprint density at radius 3 is 2.71 bits per heavy atom. The number of aliphatic hydroxyl groups excluding tert-OH is 1. The fraction of sp³-hybridized carbons (Fsp3) is 0.222. The zero-order chi connectivity index (χ0) is 17.3. The van der Waals surface area contributed by atoms with Gasteiger partial charge in [-0.15, -0.1) is 0 Å². The molecule has 24 heavy (non-hydrogen) atoms. The first-order valence-electron chi connectivity index (χ1n) is 7.61. The minimum atomic E-state index is -0.892. The number of anilines is 1. The summed E-state index contributed by atoms with van der Waals surface area (Å²) < 4.78 is 0.986. The molecule has 1 fully saturated rings. The lowest BCUT2D eigenvalue weighted by Crippen LogP contribution is -2.47. The van der Waals surface area contributed by atoms with Crippen LogP contribution in [0.3, 0.4) is 0 Å². The molecule has 1 heterocycles. The number of likely N-dealkylation sites (tertiary alicyclic amines) is 1. The van der Waals surface area contributed by atoms with E-state index in [1.165, 1.54) is 4.90 Å². The van der Waals surface area contributed by atoms with E-state index < -0.39 is 18.1 Å². The number of aliphatic hydroxyl groups is 1. The van der Waals surface area contributed by atoms with Crippen molar-refractivity contribution in [1.29, 1.82) is 0 Å². The Hall–Kier alpha value is -2.18. The van der Waals surface area contributed by atoms with Crippen molar-refractivity contribution in [1.82, 2.24) is 4.90 Å². The Labute approximate surface area is 148 Å². The van der Waals surface area contributed by atoms with Crippen LogP contribution in [-0.4, -0.2) is 40.5 Å². The van der Waals surface area contributed by atoms with Crippen molar-refractivity contribution in [3.63, 3.8) is 0 Å². The fourth-order valence-electron chi connectivity index (χ4n) is 2.97. The first-order valence-corrected chi connectivity index (χ1v) is 8.40. The zero-order valence-corrected chi connectivity index (χ0v) is 14.5. The van der Waals surface area contributed by atoms with Gasteiger partial charge in [-0.1, -0.05) is 34.6 Å². The maximum atomic E-state index is 12.5. The fourth-order valence-corrected chi connectivity index (χ4v) is 3.35. The van der Waals surface area contributed by atoms with E-state index in [9.17, 15) is 14.7 Å². The SMILES string of the molecule is C=CC(=O)N1CC[C@@H](O)[C@H]1C(=O)Nc1ccc2cc(Br)ccc2c1. The van der Waals surface area contributed by atoms with Gasteiger partial charge in [0.2, 0.25) is 11.8 Å². The van der Waals surface area contributed by atoms with Gasteiger partial charge in [-0.05, 0) is 47.5 Å². The maximum Gasteiger partial charge on any atom is 0.249 e.